The first kappa shape index (κ1) is 35.8. The highest BCUT2D eigenvalue weighted by Crippen LogP contribution is 2.28. The van der Waals surface area contributed by atoms with Crippen molar-refractivity contribution >= 4 is 50.7 Å². The van der Waals surface area contributed by atoms with Gasteiger partial charge in [-0.15, -0.1) is 0 Å². The van der Waals surface area contributed by atoms with Crippen molar-refractivity contribution in [1.29, 1.82) is 0 Å². The Morgan fingerprint density at radius 1 is 0.851 bits per heavy atom. The van der Waals surface area contributed by atoms with E-state index in [9.17, 15) is 18.0 Å². The Morgan fingerprint density at radius 3 is 2.06 bits per heavy atom. The summed E-state index contributed by atoms with van der Waals surface area (Å²) < 4.78 is 34.7. The standard InChI is InChI=1S/C36H39Cl2N3O5S/c1-25-11-18-30(19-12-25)47(44,45)41(28-14-16-29(46-5)17-15-28)24-34(42)40(23-27-13-20-31(37)32(38)21-27)33(35(43)39-36(2,3)4)22-26-9-7-6-8-10-26/h6-21,33H,22-24H2,1-5H3,(H,39,43)/t33-/m1/s1. The first-order valence-corrected chi connectivity index (χ1v) is 17.2. The Labute approximate surface area is 287 Å². The second-order valence-corrected chi connectivity index (χ2v) is 14.9. The van der Waals surface area contributed by atoms with Crippen molar-refractivity contribution in [3.05, 3.63) is 124 Å². The second kappa shape index (κ2) is 15.2. The number of methoxy groups -OCH3 is 1. The average Bonchev–Trinajstić information content (AvgIpc) is 3.03. The van der Waals surface area contributed by atoms with E-state index in [0.717, 1.165) is 15.4 Å². The van der Waals surface area contributed by atoms with Crippen LogP contribution in [-0.2, 0) is 32.6 Å². The maximum absolute atomic E-state index is 14.6. The van der Waals surface area contributed by atoms with Gasteiger partial charge >= 0.3 is 0 Å². The number of benzene rings is 4. The molecule has 0 saturated heterocycles. The van der Waals surface area contributed by atoms with Gasteiger partial charge in [0, 0.05) is 18.5 Å². The number of sulfonamides is 1. The molecule has 0 aliphatic rings. The molecule has 11 heteroatoms. The first-order valence-electron chi connectivity index (χ1n) is 15.0. The van der Waals surface area contributed by atoms with Crippen LogP contribution in [0.25, 0.3) is 0 Å². The molecule has 0 radical (unpaired) electrons. The number of nitrogens with one attached hydrogen (secondary N) is 1. The summed E-state index contributed by atoms with van der Waals surface area (Å²) in [5.74, 6) is -0.449. The van der Waals surface area contributed by atoms with E-state index in [1.54, 1.807) is 54.6 Å². The molecule has 1 N–H and O–H groups in total. The number of rotatable bonds is 12. The number of hydrogen-bond donors (Lipinski definition) is 1. The first-order chi connectivity index (χ1) is 22.2. The highest BCUT2D eigenvalue weighted by atomic mass is 35.5. The van der Waals surface area contributed by atoms with E-state index in [0.29, 0.717) is 16.3 Å². The van der Waals surface area contributed by atoms with Gasteiger partial charge in [0.15, 0.2) is 0 Å². The molecule has 0 spiro atoms. The molecule has 0 heterocycles. The van der Waals surface area contributed by atoms with Crippen LogP contribution in [0.3, 0.4) is 0 Å². The lowest BCUT2D eigenvalue weighted by Gasteiger charge is -2.35. The van der Waals surface area contributed by atoms with Gasteiger partial charge in [0.25, 0.3) is 10.0 Å². The molecule has 0 aliphatic carbocycles. The molecule has 4 aromatic rings. The van der Waals surface area contributed by atoms with E-state index < -0.39 is 34.1 Å². The predicted molar refractivity (Wildman–Crippen MR) is 188 cm³/mol. The van der Waals surface area contributed by atoms with Gasteiger partial charge in [-0.2, -0.15) is 0 Å². The highest BCUT2D eigenvalue weighted by molar-refractivity contribution is 7.92. The summed E-state index contributed by atoms with van der Waals surface area (Å²) in [6, 6.07) is 26.1. The van der Waals surface area contributed by atoms with E-state index in [1.165, 1.54) is 24.1 Å². The monoisotopic (exact) mass is 695 g/mol. The zero-order valence-corrected chi connectivity index (χ0v) is 29.4. The van der Waals surface area contributed by atoms with Crippen molar-refractivity contribution in [3.63, 3.8) is 0 Å². The van der Waals surface area contributed by atoms with Crippen LogP contribution >= 0.6 is 23.2 Å². The van der Waals surface area contributed by atoms with Gasteiger partial charge in [-0.1, -0.05) is 77.3 Å². The van der Waals surface area contributed by atoms with Gasteiger partial charge < -0.3 is 15.0 Å². The third-order valence-electron chi connectivity index (χ3n) is 7.35. The zero-order valence-electron chi connectivity index (χ0n) is 27.0. The Balaban J connectivity index is 1.83. The Morgan fingerprint density at radius 2 is 1.49 bits per heavy atom. The number of anilines is 1. The third-order valence-corrected chi connectivity index (χ3v) is 9.88. The molecule has 0 saturated carbocycles. The number of nitrogens with zero attached hydrogens (tertiary/aromatic N) is 2. The molecule has 0 bridgehead atoms. The van der Waals surface area contributed by atoms with Crippen molar-refractivity contribution in [2.24, 2.45) is 0 Å². The molecule has 8 nitrogen and oxygen atoms in total. The quantitative estimate of drug-likeness (QED) is 0.171. The minimum Gasteiger partial charge on any atom is -0.497 e. The average molecular weight is 697 g/mol. The number of halogens is 2. The molecule has 0 aromatic heterocycles. The number of amides is 2. The summed E-state index contributed by atoms with van der Waals surface area (Å²) in [5, 5.41) is 3.65. The largest absolute Gasteiger partial charge is 0.497 e. The normalized spacial score (nSPS) is 12.2. The Kier molecular flexibility index (Phi) is 11.6. The fraction of sp³-hybridized carbons (Fsp3) is 0.278. The predicted octanol–water partition coefficient (Wildman–Crippen LogP) is 7.06. The minimum atomic E-state index is -4.23. The molecule has 2 amide bonds. The summed E-state index contributed by atoms with van der Waals surface area (Å²) in [6.45, 7) is 6.81. The highest BCUT2D eigenvalue weighted by Gasteiger charge is 2.35. The van der Waals surface area contributed by atoms with Crippen LogP contribution in [-0.4, -0.2) is 50.4 Å². The number of carbonyl (C=O) groups is 2. The van der Waals surface area contributed by atoms with E-state index in [1.807, 2.05) is 58.0 Å². The molecule has 0 fully saturated rings. The van der Waals surface area contributed by atoms with E-state index in [-0.39, 0.29) is 34.5 Å². The van der Waals surface area contributed by atoms with Gasteiger partial charge in [0.2, 0.25) is 11.8 Å². The van der Waals surface area contributed by atoms with Crippen molar-refractivity contribution in [1.82, 2.24) is 10.2 Å². The summed E-state index contributed by atoms with van der Waals surface area (Å²) in [4.78, 5) is 30.0. The summed E-state index contributed by atoms with van der Waals surface area (Å²) >= 11 is 12.5. The lowest BCUT2D eigenvalue weighted by atomic mass is 10.0. The van der Waals surface area contributed by atoms with Crippen molar-refractivity contribution in [2.75, 3.05) is 18.0 Å². The second-order valence-electron chi connectivity index (χ2n) is 12.2. The smallest absolute Gasteiger partial charge is 0.264 e. The fourth-order valence-electron chi connectivity index (χ4n) is 4.96. The number of aryl methyl sites for hydroxylation is 1. The lowest BCUT2D eigenvalue weighted by Crippen LogP contribution is -2.56. The van der Waals surface area contributed by atoms with Crippen LogP contribution < -0.4 is 14.4 Å². The van der Waals surface area contributed by atoms with Crippen molar-refractivity contribution < 1.29 is 22.7 Å². The number of hydrogen-bond acceptors (Lipinski definition) is 5. The summed E-state index contributed by atoms with van der Waals surface area (Å²) in [5.41, 5.74) is 1.98. The molecule has 0 unspecified atom stereocenters. The van der Waals surface area contributed by atoms with E-state index in [2.05, 4.69) is 5.32 Å². The number of carbonyl (C=O) groups excluding carboxylic acids is 2. The van der Waals surface area contributed by atoms with Crippen LogP contribution in [0.4, 0.5) is 5.69 Å². The van der Waals surface area contributed by atoms with Crippen LogP contribution in [0.1, 0.15) is 37.5 Å². The lowest BCUT2D eigenvalue weighted by molar-refractivity contribution is -0.140. The maximum Gasteiger partial charge on any atom is 0.264 e. The third kappa shape index (κ3) is 9.50. The maximum atomic E-state index is 14.6. The Hall–Kier alpha value is -4.05. The van der Waals surface area contributed by atoms with Gasteiger partial charge in [-0.05, 0) is 87.4 Å². The van der Waals surface area contributed by atoms with E-state index in [4.69, 9.17) is 27.9 Å². The van der Waals surface area contributed by atoms with Gasteiger partial charge in [-0.25, -0.2) is 8.42 Å². The SMILES string of the molecule is COc1ccc(N(CC(=O)N(Cc2ccc(Cl)c(Cl)c2)[C@H](Cc2ccccc2)C(=O)NC(C)(C)C)S(=O)(=O)c2ccc(C)cc2)cc1. The molecular formula is C36H39Cl2N3O5S. The fourth-order valence-corrected chi connectivity index (χ4v) is 6.69. The van der Waals surface area contributed by atoms with Crippen LogP contribution in [0.15, 0.2) is 102 Å². The minimum absolute atomic E-state index is 0.0223. The molecule has 0 aliphatic heterocycles. The van der Waals surface area contributed by atoms with Gasteiger partial charge in [-0.3, -0.25) is 13.9 Å². The molecule has 248 valence electrons. The van der Waals surface area contributed by atoms with Gasteiger partial charge in [0.1, 0.15) is 18.3 Å². The molecule has 4 rings (SSSR count). The molecule has 4 aromatic carbocycles. The Bertz CT molecular complexity index is 1790. The van der Waals surface area contributed by atoms with Crippen LogP contribution in [0.5, 0.6) is 5.75 Å². The van der Waals surface area contributed by atoms with Crippen LogP contribution in [0.2, 0.25) is 10.0 Å². The van der Waals surface area contributed by atoms with Gasteiger partial charge in [0.05, 0.1) is 27.7 Å². The van der Waals surface area contributed by atoms with Crippen LogP contribution in [0, 0.1) is 6.92 Å². The zero-order chi connectivity index (χ0) is 34.4. The summed E-state index contributed by atoms with van der Waals surface area (Å²) in [7, 11) is -2.72. The topological polar surface area (TPSA) is 96.0 Å². The molecule has 47 heavy (non-hydrogen) atoms. The number of ether oxygens (including phenoxy) is 1. The van der Waals surface area contributed by atoms with Crippen molar-refractivity contribution in [3.8, 4) is 5.75 Å². The summed E-state index contributed by atoms with van der Waals surface area (Å²) in [6.07, 6.45) is 0.184. The molecular weight excluding hydrogens is 657 g/mol. The van der Waals surface area contributed by atoms with E-state index >= 15 is 0 Å². The molecule has 1 atom stereocenters. The van der Waals surface area contributed by atoms with Crippen molar-refractivity contribution in [2.45, 2.75) is 57.1 Å².